The molecular formula is C22H24N4OS. The molecule has 5 nitrogen and oxygen atoms in total. The number of hydrogen-bond donors (Lipinski definition) is 1. The fourth-order valence-electron chi connectivity index (χ4n) is 4.84. The molecular weight excluding hydrogens is 368 g/mol. The fourth-order valence-corrected chi connectivity index (χ4v) is 5.84. The Hall–Kier alpha value is -2.31. The van der Waals surface area contributed by atoms with Gasteiger partial charge in [-0.15, -0.1) is 11.3 Å². The quantitative estimate of drug-likeness (QED) is 0.734. The van der Waals surface area contributed by atoms with Crippen LogP contribution in [0.1, 0.15) is 40.2 Å². The van der Waals surface area contributed by atoms with Gasteiger partial charge >= 0.3 is 0 Å². The van der Waals surface area contributed by atoms with Crippen molar-refractivity contribution >= 4 is 27.5 Å². The lowest BCUT2D eigenvalue weighted by atomic mass is 9.99. The zero-order chi connectivity index (χ0) is 19.1. The molecule has 6 heteroatoms. The van der Waals surface area contributed by atoms with Crippen LogP contribution in [0.5, 0.6) is 0 Å². The highest BCUT2D eigenvalue weighted by Gasteiger charge is 2.44. The van der Waals surface area contributed by atoms with Gasteiger partial charge in [-0.1, -0.05) is 12.1 Å². The third-order valence-electron chi connectivity index (χ3n) is 6.13. The molecule has 1 saturated carbocycles. The van der Waals surface area contributed by atoms with Crippen LogP contribution in [-0.4, -0.2) is 39.4 Å². The number of benzene rings is 1. The molecule has 144 valence electrons. The molecule has 1 N–H and O–H groups in total. The average molecular weight is 393 g/mol. The lowest BCUT2D eigenvalue weighted by molar-refractivity contribution is 0.0926. The van der Waals surface area contributed by atoms with E-state index in [1.165, 1.54) is 9.71 Å². The number of nitrogens with one attached hydrogen (secondary N) is 1. The lowest BCUT2D eigenvalue weighted by Gasteiger charge is -2.23. The number of amides is 1. The first-order chi connectivity index (χ1) is 13.7. The normalized spacial score (nSPS) is 24.5. The Morgan fingerprint density at radius 1 is 1.25 bits per heavy atom. The van der Waals surface area contributed by atoms with E-state index in [9.17, 15) is 4.79 Å². The number of aryl methyl sites for hydroxylation is 1. The second-order valence-corrected chi connectivity index (χ2v) is 9.09. The summed E-state index contributed by atoms with van der Waals surface area (Å²) in [4.78, 5) is 24.2. The SMILES string of the molecule is Cc1cncc(C(=O)N[C@H]2CC[C@@H]3[C@H]2CCN3Cc2nc3ccccc3s2)c1. The van der Waals surface area contributed by atoms with Gasteiger partial charge in [0.2, 0.25) is 0 Å². The third kappa shape index (κ3) is 3.31. The Labute approximate surface area is 168 Å². The summed E-state index contributed by atoms with van der Waals surface area (Å²) in [7, 11) is 0. The van der Waals surface area contributed by atoms with Crippen molar-refractivity contribution in [2.75, 3.05) is 6.54 Å². The summed E-state index contributed by atoms with van der Waals surface area (Å²) in [6.07, 6.45) is 6.78. The predicted octanol–water partition coefficient (Wildman–Crippen LogP) is 3.78. The molecule has 0 bridgehead atoms. The van der Waals surface area contributed by atoms with E-state index in [1.807, 2.05) is 19.1 Å². The van der Waals surface area contributed by atoms with Gasteiger partial charge in [-0.05, 0) is 62.4 Å². The van der Waals surface area contributed by atoms with Gasteiger partial charge in [0.15, 0.2) is 0 Å². The summed E-state index contributed by atoms with van der Waals surface area (Å²) in [5.41, 5.74) is 2.77. The Kier molecular flexibility index (Phi) is 4.61. The first-order valence-electron chi connectivity index (χ1n) is 9.98. The molecule has 1 amide bonds. The zero-order valence-electron chi connectivity index (χ0n) is 16.0. The van der Waals surface area contributed by atoms with Crippen molar-refractivity contribution in [1.82, 2.24) is 20.2 Å². The molecule has 1 aliphatic heterocycles. The number of rotatable bonds is 4. The van der Waals surface area contributed by atoms with Crippen LogP contribution >= 0.6 is 11.3 Å². The summed E-state index contributed by atoms with van der Waals surface area (Å²) in [6, 6.07) is 11.1. The van der Waals surface area contributed by atoms with Crippen LogP contribution in [0.3, 0.4) is 0 Å². The standard InChI is InChI=1S/C22H24N4OS/c1-14-10-15(12-23-11-14)22(27)25-17-6-7-19-16(17)8-9-26(19)13-21-24-18-4-2-3-5-20(18)28-21/h2-5,10-12,16-17,19H,6-9,13H2,1H3,(H,25,27)/t16-,17-,19+/m0/s1. The second-order valence-electron chi connectivity index (χ2n) is 7.97. The van der Waals surface area contributed by atoms with Gasteiger partial charge in [0, 0.05) is 24.5 Å². The summed E-state index contributed by atoms with van der Waals surface area (Å²) in [6.45, 7) is 3.97. The third-order valence-corrected chi connectivity index (χ3v) is 7.15. The number of thiazole rings is 1. The van der Waals surface area contributed by atoms with E-state index in [2.05, 4.69) is 33.4 Å². The van der Waals surface area contributed by atoms with Gasteiger partial charge in [-0.25, -0.2) is 4.98 Å². The number of pyridine rings is 1. The van der Waals surface area contributed by atoms with Gasteiger partial charge in [0.25, 0.3) is 5.91 Å². The van der Waals surface area contributed by atoms with E-state index in [4.69, 9.17) is 4.98 Å². The Bertz CT molecular complexity index is 983. The average Bonchev–Trinajstić information content (AvgIpc) is 3.38. The highest BCUT2D eigenvalue weighted by molar-refractivity contribution is 7.18. The van der Waals surface area contributed by atoms with E-state index in [1.54, 1.807) is 23.7 Å². The highest BCUT2D eigenvalue weighted by Crippen LogP contribution is 2.39. The number of nitrogens with zero attached hydrogens (tertiary/aromatic N) is 3. The molecule has 1 aromatic carbocycles. The molecule has 3 heterocycles. The summed E-state index contributed by atoms with van der Waals surface area (Å²) >= 11 is 1.80. The number of aromatic nitrogens is 2. The van der Waals surface area contributed by atoms with Gasteiger partial charge in [-0.2, -0.15) is 0 Å². The van der Waals surface area contributed by atoms with Crippen molar-refractivity contribution in [2.45, 2.75) is 44.8 Å². The van der Waals surface area contributed by atoms with Crippen molar-refractivity contribution in [3.8, 4) is 0 Å². The lowest BCUT2D eigenvalue weighted by Crippen LogP contribution is -2.39. The highest BCUT2D eigenvalue weighted by atomic mass is 32.1. The Balaban J connectivity index is 1.25. The summed E-state index contributed by atoms with van der Waals surface area (Å²) in [5.74, 6) is 0.544. The molecule has 5 rings (SSSR count). The molecule has 1 aliphatic carbocycles. The number of carbonyl (C=O) groups is 1. The maximum Gasteiger partial charge on any atom is 0.253 e. The van der Waals surface area contributed by atoms with E-state index >= 15 is 0 Å². The minimum Gasteiger partial charge on any atom is -0.349 e. The maximum absolute atomic E-state index is 12.6. The molecule has 1 saturated heterocycles. The number of para-hydroxylation sites is 1. The molecule has 3 atom stereocenters. The smallest absolute Gasteiger partial charge is 0.253 e. The van der Waals surface area contributed by atoms with Gasteiger partial charge < -0.3 is 5.32 Å². The molecule has 0 spiro atoms. The van der Waals surface area contributed by atoms with Crippen LogP contribution in [0.15, 0.2) is 42.7 Å². The Morgan fingerprint density at radius 3 is 3.00 bits per heavy atom. The van der Waals surface area contributed by atoms with Gasteiger partial charge in [0.1, 0.15) is 5.01 Å². The van der Waals surface area contributed by atoms with Gasteiger partial charge in [-0.3, -0.25) is 14.7 Å². The van der Waals surface area contributed by atoms with Crippen molar-refractivity contribution in [1.29, 1.82) is 0 Å². The number of carbonyl (C=O) groups excluding carboxylic acids is 1. The minimum absolute atomic E-state index is 0.00599. The topological polar surface area (TPSA) is 58.1 Å². The van der Waals surface area contributed by atoms with Crippen molar-refractivity contribution in [3.63, 3.8) is 0 Å². The van der Waals surface area contributed by atoms with Crippen LogP contribution in [0.2, 0.25) is 0 Å². The van der Waals surface area contributed by atoms with Crippen LogP contribution in [0, 0.1) is 12.8 Å². The summed E-state index contributed by atoms with van der Waals surface area (Å²) in [5, 5.41) is 4.48. The molecule has 2 fully saturated rings. The molecule has 0 unspecified atom stereocenters. The monoisotopic (exact) mass is 392 g/mol. The van der Waals surface area contributed by atoms with Crippen molar-refractivity contribution in [3.05, 3.63) is 58.9 Å². The van der Waals surface area contributed by atoms with Crippen molar-refractivity contribution in [2.24, 2.45) is 5.92 Å². The molecule has 28 heavy (non-hydrogen) atoms. The van der Waals surface area contributed by atoms with E-state index in [0.29, 0.717) is 17.5 Å². The number of fused-ring (bicyclic) bond motifs is 2. The fraction of sp³-hybridized carbons (Fsp3) is 0.409. The second kappa shape index (κ2) is 7.26. The Morgan fingerprint density at radius 2 is 2.14 bits per heavy atom. The van der Waals surface area contributed by atoms with Crippen molar-refractivity contribution < 1.29 is 4.79 Å². The van der Waals surface area contributed by atoms with Crippen LogP contribution in [0.4, 0.5) is 0 Å². The van der Waals surface area contributed by atoms with Crippen LogP contribution in [-0.2, 0) is 6.54 Å². The molecule has 3 aromatic rings. The van der Waals surface area contributed by atoms with E-state index < -0.39 is 0 Å². The molecule has 2 aliphatic rings. The largest absolute Gasteiger partial charge is 0.349 e. The van der Waals surface area contributed by atoms with E-state index in [-0.39, 0.29) is 11.9 Å². The zero-order valence-corrected chi connectivity index (χ0v) is 16.8. The predicted molar refractivity (Wildman–Crippen MR) is 111 cm³/mol. The van der Waals surface area contributed by atoms with E-state index in [0.717, 1.165) is 43.4 Å². The minimum atomic E-state index is 0.00599. The number of likely N-dealkylation sites (tertiary alicyclic amines) is 1. The number of hydrogen-bond acceptors (Lipinski definition) is 5. The molecule has 0 radical (unpaired) electrons. The molecule has 2 aromatic heterocycles. The van der Waals surface area contributed by atoms with Gasteiger partial charge in [0.05, 0.1) is 22.3 Å². The van der Waals surface area contributed by atoms with Crippen LogP contribution < -0.4 is 5.32 Å². The van der Waals surface area contributed by atoms with Crippen LogP contribution in [0.25, 0.3) is 10.2 Å². The maximum atomic E-state index is 12.6. The summed E-state index contributed by atoms with van der Waals surface area (Å²) < 4.78 is 1.26. The first-order valence-corrected chi connectivity index (χ1v) is 10.8. The first kappa shape index (κ1) is 17.8.